The molecule has 0 heterocycles. The van der Waals surface area contributed by atoms with Gasteiger partial charge in [-0.2, -0.15) is 0 Å². The number of hydrogen-bond acceptors (Lipinski definition) is 2. The van der Waals surface area contributed by atoms with Gasteiger partial charge < -0.3 is 10.6 Å². The molecule has 0 aromatic heterocycles. The van der Waals surface area contributed by atoms with E-state index in [2.05, 4.69) is 41.5 Å². The average molecular weight is 301 g/mol. The van der Waals surface area contributed by atoms with Crippen LogP contribution in [0, 0.1) is 0 Å². The molecule has 0 radical (unpaired) electrons. The van der Waals surface area contributed by atoms with Gasteiger partial charge in [-0.3, -0.25) is 0 Å². The van der Waals surface area contributed by atoms with Crippen LogP contribution < -0.4 is 10.6 Å². The molecule has 0 amide bonds. The topological polar surface area (TPSA) is 24.1 Å². The van der Waals surface area contributed by atoms with Crippen LogP contribution in [0.5, 0.6) is 0 Å². The van der Waals surface area contributed by atoms with Crippen LogP contribution >= 0.6 is 11.6 Å². The largest absolute Gasteiger partial charge is 0.385 e. The summed E-state index contributed by atoms with van der Waals surface area (Å²) in [6.45, 7) is 8.33. The van der Waals surface area contributed by atoms with E-state index in [1.807, 2.05) is 31.2 Å². The van der Waals surface area contributed by atoms with Gasteiger partial charge in [-0.25, -0.2) is 0 Å². The minimum atomic E-state index is 0.776. The number of rotatable bonds is 7. The second kappa shape index (κ2) is 7.87. The van der Waals surface area contributed by atoms with E-state index in [4.69, 9.17) is 11.6 Å². The Kier molecular flexibility index (Phi) is 5.85. The number of nitrogens with one attached hydrogen (secondary N) is 2. The van der Waals surface area contributed by atoms with Crippen molar-refractivity contribution < 1.29 is 0 Å². The molecule has 0 aliphatic heterocycles. The lowest BCUT2D eigenvalue weighted by Gasteiger charge is -2.08. The van der Waals surface area contributed by atoms with Crippen LogP contribution in [-0.2, 0) is 19.6 Å². The lowest BCUT2D eigenvalue weighted by molar-refractivity contribution is 0.693. The van der Waals surface area contributed by atoms with Crippen LogP contribution in [0.4, 0.5) is 0 Å². The SMILES string of the molecule is C=C(C)NCc1ccc(CNCc2ccc(Cl)cc2)cc1. The van der Waals surface area contributed by atoms with Crippen molar-refractivity contribution in [2.24, 2.45) is 0 Å². The first kappa shape index (κ1) is 15.6. The zero-order valence-electron chi connectivity index (χ0n) is 12.3. The van der Waals surface area contributed by atoms with Gasteiger partial charge in [0.05, 0.1) is 0 Å². The summed E-state index contributed by atoms with van der Waals surface area (Å²) < 4.78 is 0. The Bertz CT molecular complexity index is 573. The van der Waals surface area contributed by atoms with Gasteiger partial charge in [0.25, 0.3) is 0 Å². The quantitative estimate of drug-likeness (QED) is 0.798. The van der Waals surface area contributed by atoms with Crippen molar-refractivity contribution in [2.75, 3.05) is 0 Å². The first-order valence-electron chi connectivity index (χ1n) is 7.06. The predicted octanol–water partition coefficient (Wildman–Crippen LogP) is 4.25. The summed E-state index contributed by atoms with van der Waals surface area (Å²) in [6.07, 6.45) is 0. The van der Waals surface area contributed by atoms with Crippen LogP contribution in [0.1, 0.15) is 23.6 Å². The molecule has 2 nitrogen and oxygen atoms in total. The Hall–Kier alpha value is -1.77. The van der Waals surface area contributed by atoms with E-state index in [9.17, 15) is 0 Å². The molecule has 0 aliphatic carbocycles. The maximum absolute atomic E-state index is 5.87. The average Bonchev–Trinajstić information content (AvgIpc) is 2.48. The van der Waals surface area contributed by atoms with Gasteiger partial charge in [0, 0.05) is 30.4 Å². The summed E-state index contributed by atoms with van der Waals surface area (Å²) in [6, 6.07) is 16.5. The van der Waals surface area contributed by atoms with Crippen LogP contribution in [-0.4, -0.2) is 0 Å². The molecule has 2 N–H and O–H groups in total. The lowest BCUT2D eigenvalue weighted by atomic mass is 10.1. The van der Waals surface area contributed by atoms with Crippen molar-refractivity contribution in [1.82, 2.24) is 10.6 Å². The van der Waals surface area contributed by atoms with Crippen molar-refractivity contribution in [3.8, 4) is 0 Å². The minimum absolute atomic E-state index is 0.776. The van der Waals surface area contributed by atoms with E-state index in [0.29, 0.717) is 0 Å². The van der Waals surface area contributed by atoms with E-state index in [1.54, 1.807) is 0 Å². The fraction of sp³-hybridized carbons (Fsp3) is 0.222. The summed E-state index contributed by atoms with van der Waals surface area (Å²) >= 11 is 5.87. The molecule has 0 unspecified atom stereocenters. The molecule has 0 saturated heterocycles. The van der Waals surface area contributed by atoms with E-state index >= 15 is 0 Å². The zero-order valence-corrected chi connectivity index (χ0v) is 13.1. The maximum Gasteiger partial charge on any atom is 0.0406 e. The monoisotopic (exact) mass is 300 g/mol. The van der Waals surface area contributed by atoms with Gasteiger partial charge in [0.15, 0.2) is 0 Å². The summed E-state index contributed by atoms with van der Waals surface area (Å²) in [5.41, 5.74) is 4.77. The fourth-order valence-electron chi connectivity index (χ4n) is 1.98. The number of halogens is 1. The molecule has 0 fully saturated rings. The Labute approximate surface area is 131 Å². The van der Waals surface area contributed by atoms with E-state index in [-0.39, 0.29) is 0 Å². The number of hydrogen-bond donors (Lipinski definition) is 2. The van der Waals surface area contributed by atoms with Crippen molar-refractivity contribution in [3.63, 3.8) is 0 Å². The Morgan fingerprint density at radius 3 is 1.76 bits per heavy atom. The van der Waals surface area contributed by atoms with Gasteiger partial charge in [-0.05, 0) is 35.7 Å². The zero-order chi connectivity index (χ0) is 15.1. The van der Waals surface area contributed by atoms with E-state index in [0.717, 1.165) is 30.4 Å². The third-order valence-electron chi connectivity index (χ3n) is 3.19. The molecule has 0 saturated carbocycles. The van der Waals surface area contributed by atoms with E-state index < -0.39 is 0 Å². The minimum Gasteiger partial charge on any atom is -0.385 e. The molecule has 2 aromatic carbocycles. The molecular weight excluding hydrogens is 280 g/mol. The van der Waals surface area contributed by atoms with Crippen molar-refractivity contribution in [2.45, 2.75) is 26.6 Å². The van der Waals surface area contributed by atoms with Crippen molar-refractivity contribution in [1.29, 1.82) is 0 Å². The highest BCUT2D eigenvalue weighted by molar-refractivity contribution is 6.30. The van der Waals surface area contributed by atoms with Gasteiger partial charge in [0.1, 0.15) is 0 Å². The number of allylic oxidation sites excluding steroid dienone is 1. The molecule has 21 heavy (non-hydrogen) atoms. The molecule has 0 spiro atoms. The van der Waals surface area contributed by atoms with Gasteiger partial charge >= 0.3 is 0 Å². The third kappa shape index (κ3) is 5.62. The summed E-state index contributed by atoms with van der Waals surface area (Å²) in [5, 5.41) is 7.44. The first-order valence-corrected chi connectivity index (χ1v) is 7.43. The molecule has 3 heteroatoms. The second-order valence-corrected chi connectivity index (χ2v) is 5.62. The molecule has 0 aliphatic rings. The summed E-state index contributed by atoms with van der Waals surface area (Å²) in [4.78, 5) is 0. The summed E-state index contributed by atoms with van der Waals surface area (Å²) in [7, 11) is 0. The highest BCUT2D eigenvalue weighted by Crippen LogP contribution is 2.10. The van der Waals surface area contributed by atoms with Crippen LogP contribution in [0.3, 0.4) is 0 Å². The van der Waals surface area contributed by atoms with Gasteiger partial charge in [-0.15, -0.1) is 0 Å². The maximum atomic E-state index is 5.87. The fourth-order valence-corrected chi connectivity index (χ4v) is 2.11. The molecule has 0 atom stereocenters. The lowest BCUT2D eigenvalue weighted by Crippen LogP contribution is -2.13. The van der Waals surface area contributed by atoms with Gasteiger partial charge in [-0.1, -0.05) is 54.6 Å². The Morgan fingerprint density at radius 2 is 1.29 bits per heavy atom. The van der Waals surface area contributed by atoms with Gasteiger partial charge in [0.2, 0.25) is 0 Å². The highest BCUT2D eigenvalue weighted by Gasteiger charge is 1.97. The predicted molar refractivity (Wildman–Crippen MR) is 90.1 cm³/mol. The highest BCUT2D eigenvalue weighted by atomic mass is 35.5. The third-order valence-corrected chi connectivity index (χ3v) is 3.44. The summed E-state index contributed by atoms with van der Waals surface area (Å²) in [5.74, 6) is 0. The Morgan fingerprint density at radius 1 is 0.857 bits per heavy atom. The molecule has 2 aromatic rings. The molecular formula is C18H21ClN2. The Balaban J connectivity index is 1.78. The van der Waals surface area contributed by atoms with Crippen LogP contribution in [0.2, 0.25) is 5.02 Å². The van der Waals surface area contributed by atoms with Crippen LogP contribution in [0.15, 0.2) is 60.8 Å². The molecule has 110 valence electrons. The van der Waals surface area contributed by atoms with Crippen molar-refractivity contribution in [3.05, 3.63) is 82.5 Å². The normalized spacial score (nSPS) is 10.4. The molecule has 0 bridgehead atoms. The second-order valence-electron chi connectivity index (χ2n) is 5.18. The van der Waals surface area contributed by atoms with Crippen LogP contribution in [0.25, 0.3) is 0 Å². The standard InChI is InChI=1S/C18H21ClN2/c1-14(2)21-13-17-5-3-15(4-6-17)11-20-12-16-7-9-18(19)10-8-16/h3-10,20-21H,1,11-13H2,2H3. The van der Waals surface area contributed by atoms with E-state index in [1.165, 1.54) is 16.7 Å². The first-order chi connectivity index (χ1) is 10.1. The number of benzene rings is 2. The smallest absolute Gasteiger partial charge is 0.0406 e. The molecule has 2 rings (SSSR count). The van der Waals surface area contributed by atoms with Crippen molar-refractivity contribution >= 4 is 11.6 Å².